The van der Waals surface area contributed by atoms with Crippen molar-refractivity contribution in [3.05, 3.63) is 53.6 Å². The van der Waals surface area contributed by atoms with Crippen LogP contribution in [0.2, 0.25) is 0 Å². The van der Waals surface area contributed by atoms with Gasteiger partial charge in [-0.1, -0.05) is 19.1 Å². The highest BCUT2D eigenvalue weighted by Gasteiger charge is 2.42. The molecule has 0 bridgehead atoms. The zero-order chi connectivity index (χ0) is 21.6. The van der Waals surface area contributed by atoms with Crippen molar-refractivity contribution in [2.75, 3.05) is 14.8 Å². The Hall–Kier alpha value is -2.72. The van der Waals surface area contributed by atoms with Crippen molar-refractivity contribution in [3.63, 3.8) is 0 Å². The van der Waals surface area contributed by atoms with E-state index in [1.807, 2.05) is 0 Å². The Balaban J connectivity index is 1.95. The van der Waals surface area contributed by atoms with Crippen LogP contribution in [-0.4, -0.2) is 34.3 Å². The molecule has 0 aromatic heterocycles. The van der Waals surface area contributed by atoms with Crippen LogP contribution in [0.15, 0.2) is 47.4 Å². The average Bonchev–Trinajstić information content (AvgIpc) is 2.81. The number of hydrogen-bond donors (Lipinski definition) is 1. The molecular formula is C19H20N2O6S2. The van der Waals surface area contributed by atoms with Gasteiger partial charge in [0, 0.05) is 11.3 Å². The topological polar surface area (TPSA) is 118 Å². The Morgan fingerprint density at radius 1 is 1.17 bits per heavy atom. The summed E-state index contributed by atoms with van der Waals surface area (Å²) in [5, 5.41) is 0. The first kappa shape index (κ1) is 21.0. The van der Waals surface area contributed by atoms with E-state index in [1.54, 1.807) is 12.1 Å². The molecule has 1 atom stereocenters. The van der Waals surface area contributed by atoms with Crippen molar-refractivity contribution in [2.45, 2.75) is 25.7 Å². The Labute approximate surface area is 169 Å². The number of anilines is 2. The van der Waals surface area contributed by atoms with Crippen molar-refractivity contribution in [2.24, 2.45) is 5.92 Å². The van der Waals surface area contributed by atoms with Crippen LogP contribution in [0.25, 0.3) is 0 Å². The monoisotopic (exact) mass is 436 g/mol. The summed E-state index contributed by atoms with van der Waals surface area (Å²) in [5.41, 5.74) is 0.978. The van der Waals surface area contributed by atoms with Gasteiger partial charge in [0.2, 0.25) is 15.9 Å². The molecule has 10 heteroatoms. The molecule has 1 fully saturated rings. The molecule has 1 amide bonds. The van der Waals surface area contributed by atoms with Crippen molar-refractivity contribution in [1.82, 2.24) is 0 Å². The van der Waals surface area contributed by atoms with E-state index in [0.29, 0.717) is 5.56 Å². The van der Waals surface area contributed by atoms with Gasteiger partial charge in [0.05, 0.1) is 22.3 Å². The second-order valence-electron chi connectivity index (χ2n) is 6.97. The van der Waals surface area contributed by atoms with E-state index in [2.05, 4.69) is 4.72 Å². The number of Topliss-reactive ketones (excluding diaryl/α,β-unsaturated/α-hetero) is 1. The van der Waals surface area contributed by atoms with Gasteiger partial charge >= 0.3 is 0 Å². The number of nitrogens with zero attached hydrogens (tertiary/aromatic N) is 1. The van der Waals surface area contributed by atoms with Gasteiger partial charge in [0.15, 0.2) is 5.78 Å². The summed E-state index contributed by atoms with van der Waals surface area (Å²) in [7, 11) is -7.77. The van der Waals surface area contributed by atoms with E-state index >= 15 is 0 Å². The third-order valence-electron chi connectivity index (χ3n) is 4.56. The molecule has 0 radical (unpaired) electrons. The smallest absolute Gasteiger partial charge is 0.262 e. The van der Waals surface area contributed by atoms with Crippen LogP contribution in [0.3, 0.4) is 0 Å². The van der Waals surface area contributed by atoms with Crippen molar-refractivity contribution in [3.8, 4) is 0 Å². The lowest BCUT2D eigenvalue weighted by molar-refractivity contribution is -0.119. The fourth-order valence-electron chi connectivity index (χ4n) is 3.16. The summed E-state index contributed by atoms with van der Waals surface area (Å²) in [6.45, 7) is 4.43. The Bertz CT molecular complexity index is 1220. The number of benzene rings is 2. The highest BCUT2D eigenvalue weighted by Crippen LogP contribution is 2.31. The first-order valence-corrected chi connectivity index (χ1v) is 11.8. The molecule has 8 nitrogen and oxygen atoms in total. The standard InChI is InChI=1S/C19H20N2O6S2/c1-12-9-17(21-19(23)13(2)11-28(21,24)25)7-8-18(12)29(26,27)20-16-6-4-5-15(10-16)14(3)22/h4-10,13,20H,11H2,1-3H3. The number of rotatable bonds is 5. The summed E-state index contributed by atoms with van der Waals surface area (Å²) in [4.78, 5) is 23.7. The quantitative estimate of drug-likeness (QED) is 0.719. The molecule has 1 saturated heterocycles. The molecule has 154 valence electrons. The maximum absolute atomic E-state index is 12.8. The molecule has 0 spiro atoms. The molecule has 3 rings (SSSR count). The number of amides is 1. The summed E-state index contributed by atoms with van der Waals surface area (Å²) in [5.74, 6) is -1.67. The summed E-state index contributed by atoms with van der Waals surface area (Å²) >= 11 is 0. The molecule has 29 heavy (non-hydrogen) atoms. The second kappa shape index (κ2) is 7.27. The van der Waals surface area contributed by atoms with Crippen LogP contribution >= 0.6 is 0 Å². The summed E-state index contributed by atoms with van der Waals surface area (Å²) in [6.07, 6.45) is 0. The molecular weight excluding hydrogens is 416 g/mol. The SMILES string of the molecule is CC(=O)c1cccc(NS(=O)(=O)c2ccc(N3C(=O)C(C)CS3(=O)=O)cc2C)c1. The zero-order valence-electron chi connectivity index (χ0n) is 16.0. The average molecular weight is 437 g/mol. The lowest BCUT2D eigenvalue weighted by Gasteiger charge is -2.17. The lowest BCUT2D eigenvalue weighted by atomic mass is 10.1. The largest absolute Gasteiger partial charge is 0.295 e. The fraction of sp³-hybridized carbons (Fsp3) is 0.263. The number of nitrogens with one attached hydrogen (secondary N) is 1. The molecule has 2 aromatic carbocycles. The van der Waals surface area contributed by atoms with Crippen molar-refractivity contribution >= 4 is 43.1 Å². The highest BCUT2D eigenvalue weighted by molar-refractivity contribution is 7.94. The number of sulfonamides is 2. The molecule has 1 N–H and O–H groups in total. The normalized spacial score (nSPS) is 18.7. The van der Waals surface area contributed by atoms with E-state index in [4.69, 9.17) is 0 Å². The van der Waals surface area contributed by atoms with Gasteiger partial charge in [-0.05, 0) is 49.7 Å². The minimum atomic E-state index is -3.99. The third kappa shape index (κ3) is 4.03. The van der Waals surface area contributed by atoms with Gasteiger partial charge in [-0.25, -0.2) is 21.1 Å². The number of hydrogen-bond acceptors (Lipinski definition) is 6. The van der Waals surface area contributed by atoms with Gasteiger partial charge < -0.3 is 0 Å². The Morgan fingerprint density at radius 3 is 2.41 bits per heavy atom. The lowest BCUT2D eigenvalue weighted by Crippen LogP contribution is -2.30. The minimum Gasteiger partial charge on any atom is -0.295 e. The molecule has 1 unspecified atom stereocenters. The molecule has 1 heterocycles. The van der Waals surface area contributed by atoms with Gasteiger partial charge in [-0.3, -0.25) is 14.3 Å². The van der Waals surface area contributed by atoms with E-state index in [-0.39, 0.29) is 33.4 Å². The van der Waals surface area contributed by atoms with Crippen LogP contribution in [0.1, 0.15) is 29.8 Å². The predicted octanol–water partition coefficient (Wildman–Crippen LogP) is 2.31. The number of ketones is 1. The Morgan fingerprint density at radius 2 is 1.86 bits per heavy atom. The first-order valence-electron chi connectivity index (χ1n) is 8.74. The zero-order valence-corrected chi connectivity index (χ0v) is 17.7. The molecule has 0 aliphatic carbocycles. The molecule has 2 aromatic rings. The van der Waals surface area contributed by atoms with Crippen molar-refractivity contribution < 1.29 is 26.4 Å². The number of aryl methyl sites for hydroxylation is 1. The number of carbonyl (C=O) groups is 2. The van der Waals surface area contributed by atoms with Crippen LogP contribution in [0.4, 0.5) is 11.4 Å². The maximum Gasteiger partial charge on any atom is 0.262 e. The summed E-state index contributed by atoms with van der Waals surface area (Å²) in [6, 6.07) is 10.00. The maximum atomic E-state index is 12.8. The molecule has 0 saturated carbocycles. The van der Waals surface area contributed by atoms with E-state index in [9.17, 15) is 26.4 Å². The highest BCUT2D eigenvalue weighted by atomic mass is 32.2. The van der Waals surface area contributed by atoms with Gasteiger partial charge in [0.25, 0.3) is 10.0 Å². The van der Waals surface area contributed by atoms with E-state index in [1.165, 1.54) is 51.1 Å². The summed E-state index contributed by atoms with van der Waals surface area (Å²) < 4.78 is 53.2. The number of carbonyl (C=O) groups excluding carboxylic acids is 2. The van der Waals surface area contributed by atoms with Gasteiger partial charge in [-0.2, -0.15) is 0 Å². The van der Waals surface area contributed by atoms with Gasteiger partial charge in [0.1, 0.15) is 0 Å². The van der Waals surface area contributed by atoms with Crippen LogP contribution < -0.4 is 9.03 Å². The van der Waals surface area contributed by atoms with E-state index < -0.39 is 31.9 Å². The Kier molecular flexibility index (Phi) is 5.26. The first-order chi connectivity index (χ1) is 13.4. The predicted molar refractivity (Wildman–Crippen MR) is 109 cm³/mol. The van der Waals surface area contributed by atoms with Gasteiger partial charge in [-0.15, -0.1) is 0 Å². The second-order valence-corrected chi connectivity index (χ2v) is 10.5. The van der Waals surface area contributed by atoms with E-state index in [0.717, 1.165) is 4.31 Å². The fourth-order valence-corrected chi connectivity index (χ4v) is 6.25. The van der Waals surface area contributed by atoms with Crippen LogP contribution in [0, 0.1) is 12.8 Å². The third-order valence-corrected chi connectivity index (χ3v) is 7.97. The molecule has 1 aliphatic heterocycles. The van der Waals surface area contributed by atoms with Crippen LogP contribution in [0.5, 0.6) is 0 Å². The molecule has 1 aliphatic rings. The minimum absolute atomic E-state index is 0.0634. The van der Waals surface area contributed by atoms with Crippen LogP contribution in [-0.2, 0) is 24.8 Å². The van der Waals surface area contributed by atoms with Crippen molar-refractivity contribution in [1.29, 1.82) is 0 Å².